The van der Waals surface area contributed by atoms with Crippen LogP contribution in [0.2, 0.25) is 0 Å². The number of Topliss-reactive ketones (excluding diaryl/α,β-unsaturated/α-hetero) is 1. The summed E-state index contributed by atoms with van der Waals surface area (Å²) in [5, 5.41) is 9.45. The molecule has 1 N–H and O–H groups in total. The maximum Gasteiger partial charge on any atom is 0.410 e. The van der Waals surface area contributed by atoms with Gasteiger partial charge in [-0.3, -0.25) is 4.79 Å². The van der Waals surface area contributed by atoms with Crippen molar-refractivity contribution in [2.75, 3.05) is 19.7 Å². The van der Waals surface area contributed by atoms with E-state index in [9.17, 15) is 14.7 Å². The topological polar surface area (TPSA) is 66.8 Å². The number of rotatable bonds is 2. The summed E-state index contributed by atoms with van der Waals surface area (Å²) in [5.41, 5.74) is 0.300. The van der Waals surface area contributed by atoms with Gasteiger partial charge in [0.25, 0.3) is 0 Å². The fourth-order valence-electron chi connectivity index (χ4n) is 1.44. The number of carbonyl (C=O) groups is 2. The molecule has 0 fully saturated rings. The fraction of sp³-hybridized carbons (Fsp3) is 0.600. The van der Waals surface area contributed by atoms with Gasteiger partial charge >= 0.3 is 6.09 Å². The zero-order chi connectivity index (χ0) is 11.4. The summed E-state index contributed by atoms with van der Waals surface area (Å²) in [6, 6.07) is 0. The molecule has 0 radical (unpaired) electrons. The predicted molar refractivity (Wildman–Crippen MR) is 53.5 cm³/mol. The van der Waals surface area contributed by atoms with Gasteiger partial charge in [-0.15, -0.1) is 0 Å². The van der Waals surface area contributed by atoms with Gasteiger partial charge in [-0.2, -0.15) is 0 Å². The molecule has 5 nitrogen and oxygen atoms in total. The second kappa shape index (κ2) is 4.82. The summed E-state index contributed by atoms with van der Waals surface area (Å²) < 4.78 is 4.82. The first-order chi connectivity index (χ1) is 7.06. The van der Waals surface area contributed by atoms with Crippen molar-refractivity contribution < 1.29 is 19.4 Å². The third-order valence-electron chi connectivity index (χ3n) is 2.27. The second-order valence-electron chi connectivity index (χ2n) is 3.35. The molecular formula is C10H15NO4. The van der Waals surface area contributed by atoms with E-state index in [1.165, 1.54) is 11.8 Å². The van der Waals surface area contributed by atoms with Crippen LogP contribution in [0.3, 0.4) is 0 Å². The van der Waals surface area contributed by atoms with Gasteiger partial charge in [0.05, 0.1) is 18.7 Å². The lowest BCUT2D eigenvalue weighted by Crippen LogP contribution is -2.38. The monoisotopic (exact) mass is 213 g/mol. The van der Waals surface area contributed by atoms with Crippen LogP contribution in [0.1, 0.15) is 20.3 Å². The Balaban J connectivity index is 2.70. The van der Waals surface area contributed by atoms with Gasteiger partial charge < -0.3 is 14.7 Å². The van der Waals surface area contributed by atoms with Crippen molar-refractivity contribution in [2.45, 2.75) is 20.3 Å². The van der Waals surface area contributed by atoms with Crippen molar-refractivity contribution in [3.8, 4) is 0 Å². The van der Waals surface area contributed by atoms with Gasteiger partial charge in [0.1, 0.15) is 5.76 Å². The summed E-state index contributed by atoms with van der Waals surface area (Å²) in [7, 11) is 0. The minimum absolute atomic E-state index is 0.0862. The first-order valence-electron chi connectivity index (χ1n) is 4.89. The van der Waals surface area contributed by atoms with Crippen molar-refractivity contribution in [1.82, 2.24) is 4.90 Å². The number of aliphatic hydroxyl groups excluding tert-OH is 1. The Hall–Kier alpha value is -1.52. The lowest BCUT2D eigenvalue weighted by Gasteiger charge is -2.26. The van der Waals surface area contributed by atoms with E-state index in [2.05, 4.69) is 0 Å². The third-order valence-corrected chi connectivity index (χ3v) is 2.27. The molecule has 84 valence electrons. The number of ketones is 1. The van der Waals surface area contributed by atoms with E-state index >= 15 is 0 Å². The minimum Gasteiger partial charge on any atom is -0.512 e. The molecule has 1 aliphatic rings. The van der Waals surface area contributed by atoms with Gasteiger partial charge in [-0.25, -0.2) is 4.79 Å². The molecule has 0 spiro atoms. The van der Waals surface area contributed by atoms with Gasteiger partial charge in [0.15, 0.2) is 5.78 Å². The second-order valence-corrected chi connectivity index (χ2v) is 3.35. The molecule has 0 saturated heterocycles. The molecule has 0 aromatic heterocycles. The van der Waals surface area contributed by atoms with E-state index in [0.717, 1.165) is 0 Å². The van der Waals surface area contributed by atoms with Crippen molar-refractivity contribution >= 4 is 11.9 Å². The quantitative estimate of drug-likeness (QED) is 0.749. The van der Waals surface area contributed by atoms with Crippen LogP contribution in [0.4, 0.5) is 4.79 Å². The third kappa shape index (κ3) is 2.71. The molecule has 0 saturated carbocycles. The van der Waals surface area contributed by atoms with Crippen molar-refractivity contribution in [3.63, 3.8) is 0 Å². The zero-order valence-electron chi connectivity index (χ0n) is 8.95. The fourth-order valence-corrected chi connectivity index (χ4v) is 1.44. The number of ether oxygens (including phenoxy) is 1. The number of hydrogen-bond donors (Lipinski definition) is 1. The van der Waals surface area contributed by atoms with E-state index in [1.54, 1.807) is 6.92 Å². The van der Waals surface area contributed by atoms with Gasteiger partial charge in [0, 0.05) is 13.0 Å². The molecule has 0 aliphatic carbocycles. The van der Waals surface area contributed by atoms with Crippen molar-refractivity contribution in [1.29, 1.82) is 0 Å². The highest BCUT2D eigenvalue weighted by Crippen LogP contribution is 2.17. The van der Waals surface area contributed by atoms with Crippen LogP contribution in [-0.4, -0.2) is 41.6 Å². The van der Waals surface area contributed by atoms with Crippen molar-refractivity contribution in [3.05, 3.63) is 11.3 Å². The van der Waals surface area contributed by atoms with E-state index in [-0.39, 0.29) is 18.1 Å². The highest BCUT2D eigenvalue weighted by atomic mass is 16.6. The Morgan fingerprint density at radius 1 is 1.53 bits per heavy atom. The standard InChI is InChI=1S/C10H15NO4/c1-3-15-10(14)11-5-4-9(13)8(6-11)7(2)12/h13H,3-6H2,1-2H3. The van der Waals surface area contributed by atoms with Crippen LogP contribution in [0, 0.1) is 0 Å². The molecule has 0 aromatic rings. The molecule has 0 unspecified atom stereocenters. The molecule has 1 aliphatic heterocycles. The van der Waals surface area contributed by atoms with Crippen LogP contribution in [0.5, 0.6) is 0 Å². The van der Waals surface area contributed by atoms with Crippen LogP contribution in [-0.2, 0) is 9.53 Å². The highest BCUT2D eigenvalue weighted by molar-refractivity contribution is 5.94. The Kier molecular flexibility index (Phi) is 3.71. The van der Waals surface area contributed by atoms with Gasteiger partial charge in [0.2, 0.25) is 0 Å². The number of nitrogens with zero attached hydrogens (tertiary/aromatic N) is 1. The van der Waals surface area contributed by atoms with Crippen LogP contribution in [0.15, 0.2) is 11.3 Å². The molecule has 0 bridgehead atoms. The van der Waals surface area contributed by atoms with Crippen LogP contribution < -0.4 is 0 Å². The molecule has 0 aromatic carbocycles. The lowest BCUT2D eigenvalue weighted by atomic mass is 10.1. The molecular weight excluding hydrogens is 198 g/mol. The largest absolute Gasteiger partial charge is 0.512 e. The van der Waals surface area contributed by atoms with E-state index in [0.29, 0.717) is 25.1 Å². The van der Waals surface area contributed by atoms with Crippen molar-refractivity contribution in [2.24, 2.45) is 0 Å². The first-order valence-corrected chi connectivity index (χ1v) is 4.89. The molecule has 1 amide bonds. The predicted octanol–water partition coefficient (Wildman–Crippen LogP) is 1.25. The maximum absolute atomic E-state index is 11.4. The average Bonchev–Trinajstić information content (AvgIpc) is 2.18. The van der Waals surface area contributed by atoms with E-state index < -0.39 is 6.09 Å². The SMILES string of the molecule is CCOC(=O)N1CCC(O)=C(C(C)=O)C1. The lowest BCUT2D eigenvalue weighted by molar-refractivity contribution is -0.114. The Bertz CT molecular complexity index is 309. The normalized spacial score (nSPS) is 16.5. The minimum atomic E-state index is -0.441. The number of carbonyl (C=O) groups excluding carboxylic acids is 2. The smallest absolute Gasteiger partial charge is 0.410 e. The first kappa shape index (κ1) is 11.6. The summed E-state index contributed by atoms with van der Waals surface area (Å²) >= 11 is 0. The molecule has 5 heteroatoms. The molecule has 1 rings (SSSR count). The molecule has 1 heterocycles. The maximum atomic E-state index is 11.4. The Morgan fingerprint density at radius 3 is 2.73 bits per heavy atom. The summed E-state index contributed by atoms with van der Waals surface area (Å²) in [6.45, 7) is 3.93. The Morgan fingerprint density at radius 2 is 2.20 bits per heavy atom. The number of aliphatic hydroxyl groups is 1. The summed E-state index contributed by atoms with van der Waals surface area (Å²) in [4.78, 5) is 23.9. The van der Waals surface area contributed by atoms with E-state index in [1.807, 2.05) is 0 Å². The number of hydrogen-bond acceptors (Lipinski definition) is 4. The van der Waals surface area contributed by atoms with E-state index in [4.69, 9.17) is 4.74 Å². The molecule has 0 atom stereocenters. The van der Waals surface area contributed by atoms with Gasteiger partial charge in [-0.05, 0) is 13.8 Å². The number of amides is 1. The highest BCUT2D eigenvalue weighted by Gasteiger charge is 2.25. The van der Waals surface area contributed by atoms with Crippen LogP contribution >= 0.6 is 0 Å². The summed E-state index contributed by atoms with van der Waals surface area (Å²) in [6.07, 6.45) is -0.128. The molecule has 15 heavy (non-hydrogen) atoms. The zero-order valence-corrected chi connectivity index (χ0v) is 8.95. The summed E-state index contributed by atoms with van der Waals surface area (Å²) in [5.74, 6) is -0.121. The Labute approximate surface area is 88.3 Å². The van der Waals surface area contributed by atoms with Crippen LogP contribution in [0.25, 0.3) is 0 Å². The average molecular weight is 213 g/mol. The van der Waals surface area contributed by atoms with Gasteiger partial charge in [-0.1, -0.05) is 0 Å².